The Morgan fingerprint density at radius 3 is 2.74 bits per heavy atom. The molecule has 2 atom stereocenters. The van der Waals surface area contributed by atoms with Crippen LogP contribution in [0.25, 0.3) is 0 Å². The standard InChI is InChI=1S/C16H19ClN4O2/c17-14-3-1-12(2-4-14)15-10-20(9-13(15)11-22)16(23)5-7-21-8-6-18-19-21/h1-4,6,8,13,15,22H,5,7,9-11H2/t13-,15-/m0/s1. The average Bonchev–Trinajstić information content (AvgIpc) is 3.22. The second kappa shape index (κ2) is 7.10. The molecule has 2 aromatic rings. The minimum atomic E-state index is 0.0616. The van der Waals surface area contributed by atoms with E-state index < -0.39 is 0 Å². The van der Waals surface area contributed by atoms with Crippen molar-refractivity contribution in [2.24, 2.45) is 5.92 Å². The van der Waals surface area contributed by atoms with E-state index in [4.69, 9.17) is 11.6 Å². The van der Waals surface area contributed by atoms with Crippen LogP contribution in [-0.2, 0) is 11.3 Å². The number of nitrogens with zero attached hydrogens (tertiary/aromatic N) is 4. The molecule has 1 aliphatic rings. The number of hydrogen-bond donors (Lipinski definition) is 1. The maximum atomic E-state index is 12.4. The smallest absolute Gasteiger partial charge is 0.224 e. The van der Waals surface area contributed by atoms with E-state index in [1.54, 1.807) is 17.1 Å². The summed E-state index contributed by atoms with van der Waals surface area (Å²) in [6.45, 7) is 1.80. The highest BCUT2D eigenvalue weighted by Gasteiger charge is 2.35. The molecule has 3 rings (SSSR count). The quantitative estimate of drug-likeness (QED) is 0.900. The number of likely N-dealkylation sites (tertiary alicyclic amines) is 1. The molecule has 1 aromatic heterocycles. The molecule has 1 aromatic carbocycles. The van der Waals surface area contributed by atoms with Gasteiger partial charge in [0.2, 0.25) is 5.91 Å². The number of hydrogen-bond acceptors (Lipinski definition) is 4. The minimum Gasteiger partial charge on any atom is -0.396 e. The summed E-state index contributed by atoms with van der Waals surface area (Å²) in [5.74, 6) is 0.287. The summed E-state index contributed by atoms with van der Waals surface area (Å²) < 4.78 is 1.65. The molecular formula is C16H19ClN4O2. The van der Waals surface area contributed by atoms with Crippen LogP contribution >= 0.6 is 11.6 Å². The van der Waals surface area contributed by atoms with Gasteiger partial charge in [-0.05, 0) is 17.7 Å². The summed E-state index contributed by atoms with van der Waals surface area (Å²) in [7, 11) is 0. The SMILES string of the molecule is O=C(CCn1ccnn1)N1C[C@@H](CO)[C@H](c2ccc(Cl)cc2)C1. The maximum absolute atomic E-state index is 12.4. The number of aliphatic hydroxyl groups excluding tert-OH is 1. The van der Waals surface area contributed by atoms with Crippen molar-refractivity contribution in [1.82, 2.24) is 19.9 Å². The highest BCUT2D eigenvalue weighted by molar-refractivity contribution is 6.30. The van der Waals surface area contributed by atoms with E-state index in [-0.39, 0.29) is 24.3 Å². The summed E-state index contributed by atoms with van der Waals surface area (Å²) in [6.07, 6.45) is 3.72. The van der Waals surface area contributed by atoms with Gasteiger partial charge in [-0.25, -0.2) is 0 Å². The van der Waals surface area contributed by atoms with Crippen LogP contribution < -0.4 is 0 Å². The van der Waals surface area contributed by atoms with Gasteiger partial charge >= 0.3 is 0 Å². The molecule has 0 bridgehead atoms. The summed E-state index contributed by atoms with van der Waals surface area (Å²) in [5.41, 5.74) is 1.11. The third-order valence-corrected chi connectivity index (χ3v) is 4.61. The number of amides is 1. The first-order valence-corrected chi connectivity index (χ1v) is 8.03. The lowest BCUT2D eigenvalue weighted by molar-refractivity contribution is -0.130. The van der Waals surface area contributed by atoms with Gasteiger partial charge in [-0.3, -0.25) is 9.48 Å². The van der Waals surface area contributed by atoms with E-state index in [0.717, 1.165) is 5.56 Å². The van der Waals surface area contributed by atoms with Crippen molar-refractivity contribution in [1.29, 1.82) is 0 Å². The van der Waals surface area contributed by atoms with Crippen LogP contribution in [0.3, 0.4) is 0 Å². The first-order valence-electron chi connectivity index (χ1n) is 7.65. The molecule has 0 unspecified atom stereocenters. The number of carbonyl (C=O) groups excluding carboxylic acids is 1. The lowest BCUT2D eigenvalue weighted by Crippen LogP contribution is -2.30. The van der Waals surface area contributed by atoms with Crippen molar-refractivity contribution in [3.63, 3.8) is 0 Å². The molecule has 0 spiro atoms. The Kier molecular flexibility index (Phi) is 4.93. The summed E-state index contributed by atoms with van der Waals surface area (Å²) in [6, 6.07) is 7.64. The van der Waals surface area contributed by atoms with Gasteiger partial charge in [0.1, 0.15) is 0 Å². The number of benzene rings is 1. The number of aryl methyl sites for hydroxylation is 1. The molecule has 1 fully saturated rings. The summed E-state index contributed by atoms with van der Waals surface area (Å²) >= 11 is 5.93. The van der Waals surface area contributed by atoms with E-state index in [9.17, 15) is 9.90 Å². The summed E-state index contributed by atoms with van der Waals surface area (Å²) in [4.78, 5) is 14.2. The van der Waals surface area contributed by atoms with Crippen LogP contribution in [0.4, 0.5) is 0 Å². The molecule has 1 N–H and O–H groups in total. The normalized spacial score (nSPS) is 20.9. The van der Waals surface area contributed by atoms with Gasteiger partial charge in [-0.15, -0.1) is 5.10 Å². The zero-order valence-corrected chi connectivity index (χ0v) is 13.4. The molecule has 23 heavy (non-hydrogen) atoms. The lowest BCUT2D eigenvalue weighted by atomic mass is 9.90. The number of aliphatic hydroxyl groups is 1. The van der Waals surface area contributed by atoms with Gasteiger partial charge in [-0.1, -0.05) is 28.9 Å². The van der Waals surface area contributed by atoms with Gasteiger partial charge in [0.15, 0.2) is 0 Å². The van der Waals surface area contributed by atoms with E-state index in [2.05, 4.69) is 10.3 Å². The highest BCUT2D eigenvalue weighted by Crippen LogP contribution is 2.33. The van der Waals surface area contributed by atoms with Crippen molar-refractivity contribution in [2.75, 3.05) is 19.7 Å². The van der Waals surface area contributed by atoms with Crippen LogP contribution in [0.1, 0.15) is 17.9 Å². The van der Waals surface area contributed by atoms with Crippen LogP contribution in [0.2, 0.25) is 5.02 Å². The highest BCUT2D eigenvalue weighted by atomic mass is 35.5. The van der Waals surface area contributed by atoms with E-state index in [1.807, 2.05) is 29.2 Å². The van der Waals surface area contributed by atoms with Gasteiger partial charge in [0.05, 0.1) is 12.7 Å². The molecule has 122 valence electrons. The summed E-state index contributed by atoms with van der Waals surface area (Å²) in [5, 5.41) is 17.9. The fourth-order valence-electron chi connectivity index (χ4n) is 3.07. The van der Waals surface area contributed by atoms with E-state index >= 15 is 0 Å². The molecule has 1 aliphatic heterocycles. The molecule has 0 aliphatic carbocycles. The fraction of sp³-hybridized carbons (Fsp3) is 0.438. The Balaban J connectivity index is 1.63. The second-order valence-corrected chi connectivity index (χ2v) is 6.25. The van der Waals surface area contributed by atoms with Gasteiger partial charge in [0, 0.05) is 49.2 Å². The van der Waals surface area contributed by atoms with Gasteiger partial charge < -0.3 is 10.0 Å². The van der Waals surface area contributed by atoms with Crippen molar-refractivity contribution in [3.8, 4) is 0 Å². The third kappa shape index (κ3) is 3.71. The van der Waals surface area contributed by atoms with Crippen molar-refractivity contribution in [3.05, 3.63) is 47.2 Å². The minimum absolute atomic E-state index is 0.0616. The Hall–Kier alpha value is -1.92. The maximum Gasteiger partial charge on any atom is 0.224 e. The van der Waals surface area contributed by atoms with Gasteiger partial charge in [-0.2, -0.15) is 0 Å². The lowest BCUT2D eigenvalue weighted by Gasteiger charge is -2.17. The molecule has 2 heterocycles. The number of carbonyl (C=O) groups is 1. The largest absolute Gasteiger partial charge is 0.396 e. The van der Waals surface area contributed by atoms with Crippen LogP contribution in [-0.4, -0.2) is 50.6 Å². The number of aromatic nitrogens is 3. The zero-order valence-electron chi connectivity index (χ0n) is 12.7. The van der Waals surface area contributed by atoms with Crippen molar-refractivity contribution >= 4 is 17.5 Å². The van der Waals surface area contributed by atoms with Crippen molar-refractivity contribution in [2.45, 2.75) is 18.9 Å². The predicted octanol–water partition coefficient (Wildman–Crippen LogP) is 1.56. The number of rotatable bonds is 5. The number of halogens is 1. The van der Waals surface area contributed by atoms with E-state index in [0.29, 0.717) is 31.1 Å². The van der Waals surface area contributed by atoms with Crippen LogP contribution in [0.15, 0.2) is 36.7 Å². The molecule has 0 radical (unpaired) electrons. The van der Waals surface area contributed by atoms with Crippen LogP contribution in [0, 0.1) is 5.92 Å². The zero-order chi connectivity index (χ0) is 16.2. The predicted molar refractivity (Wildman–Crippen MR) is 86.0 cm³/mol. The van der Waals surface area contributed by atoms with Gasteiger partial charge in [0.25, 0.3) is 0 Å². The first-order chi connectivity index (χ1) is 11.2. The molecule has 1 amide bonds. The Morgan fingerprint density at radius 2 is 2.09 bits per heavy atom. The van der Waals surface area contributed by atoms with Crippen LogP contribution in [0.5, 0.6) is 0 Å². The molecule has 6 nitrogen and oxygen atoms in total. The average molecular weight is 335 g/mol. The van der Waals surface area contributed by atoms with Crippen molar-refractivity contribution < 1.29 is 9.90 Å². The first kappa shape index (κ1) is 16.0. The molecule has 0 saturated carbocycles. The third-order valence-electron chi connectivity index (χ3n) is 4.35. The Labute approximate surface area is 139 Å². The Bertz CT molecular complexity index is 645. The molecule has 1 saturated heterocycles. The topological polar surface area (TPSA) is 71.2 Å². The fourth-order valence-corrected chi connectivity index (χ4v) is 3.19. The molecular weight excluding hydrogens is 316 g/mol. The molecule has 7 heteroatoms. The van der Waals surface area contributed by atoms with E-state index in [1.165, 1.54) is 0 Å². The monoisotopic (exact) mass is 334 g/mol. The Morgan fingerprint density at radius 1 is 1.30 bits per heavy atom. The second-order valence-electron chi connectivity index (χ2n) is 5.82.